The van der Waals surface area contributed by atoms with E-state index in [9.17, 15) is 22.8 Å². The van der Waals surface area contributed by atoms with Crippen molar-refractivity contribution >= 4 is 23.5 Å². The molecule has 2 amide bonds. The SMILES string of the molecule is CCc1cccc(CC(=O)Nc2cccc(CCc3cn[nH]c3C(N)=O)c2)c1.O=C(O)C(F)(F)F. The molecule has 0 aliphatic heterocycles. The van der Waals surface area contributed by atoms with Crippen molar-refractivity contribution in [2.24, 2.45) is 5.73 Å². The smallest absolute Gasteiger partial charge is 0.475 e. The molecule has 1 aromatic heterocycles. The van der Waals surface area contributed by atoms with Crippen molar-refractivity contribution in [1.82, 2.24) is 10.2 Å². The Balaban J connectivity index is 0.000000540. The Bertz CT molecular complexity index is 1180. The number of anilines is 1. The molecule has 3 aromatic rings. The first kappa shape index (κ1) is 27.1. The molecule has 0 atom stereocenters. The van der Waals surface area contributed by atoms with Crippen molar-refractivity contribution in [3.05, 3.63) is 82.7 Å². The van der Waals surface area contributed by atoms with Crippen LogP contribution in [0.25, 0.3) is 0 Å². The van der Waals surface area contributed by atoms with Crippen molar-refractivity contribution in [2.45, 2.75) is 38.8 Å². The third kappa shape index (κ3) is 8.95. The van der Waals surface area contributed by atoms with Crippen molar-refractivity contribution in [1.29, 1.82) is 0 Å². The highest BCUT2D eigenvalue weighted by molar-refractivity contribution is 5.92. The summed E-state index contributed by atoms with van der Waals surface area (Å²) in [5, 5.41) is 16.6. The van der Waals surface area contributed by atoms with Gasteiger partial charge in [-0.15, -0.1) is 0 Å². The minimum atomic E-state index is -5.08. The second-order valence-electron chi connectivity index (χ2n) is 7.54. The summed E-state index contributed by atoms with van der Waals surface area (Å²) in [5.74, 6) is -3.32. The number of nitrogens with one attached hydrogen (secondary N) is 2. The molecule has 3 rings (SSSR count). The van der Waals surface area contributed by atoms with Gasteiger partial charge in [-0.25, -0.2) is 4.79 Å². The molecule has 0 spiro atoms. The minimum Gasteiger partial charge on any atom is -0.475 e. The van der Waals surface area contributed by atoms with Gasteiger partial charge >= 0.3 is 12.1 Å². The van der Waals surface area contributed by atoms with Crippen LogP contribution in [0, 0.1) is 0 Å². The zero-order chi connectivity index (χ0) is 26.0. The van der Waals surface area contributed by atoms with E-state index in [0.717, 1.165) is 28.8 Å². The van der Waals surface area contributed by atoms with Gasteiger partial charge < -0.3 is 16.2 Å². The number of hydrogen-bond donors (Lipinski definition) is 4. The van der Waals surface area contributed by atoms with Crippen LogP contribution in [0.2, 0.25) is 0 Å². The van der Waals surface area contributed by atoms with Crippen molar-refractivity contribution in [3.63, 3.8) is 0 Å². The van der Waals surface area contributed by atoms with Crippen LogP contribution in [0.5, 0.6) is 0 Å². The second kappa shape index (κ2) is 12.4. The third-order valence-electron chi connectivity index (χ3n) is 4.86. The number of nitrogens with two attached hydrogens (primary N) is 1. The number of primary amides is 1. The Morgan fingerprint density at radius 1 is 1.03 bits per heavy atom. The van der Waals surface area contributed by atoms with Crippen molar-refractivity contribution < 1.29 is 32.7 Å². The number of amides is 2. The van der Waals surface area contributed by atoms with Gasteiger partial charge in [-0.1, -0.05) is 43.3 Å². The largest absolute Gasteiger partial charge is 0.490 e. The second-order valence-corrected chi connectivity index (χ2v) is 7.54. The Hall–Kier alpha value is -4.15. The maximum Gasteiger partial charge on any atom is 0.490 e. The maximum atomic E-state index is 12.4. The third-order valence-corrected chi connectivity index (χ3v) is 4.86. The number of benzene rings is 2. The van der Waals surface area contributed by atoms with E-state index in [-0.39, 0.29) is 5.91 Å². The summed E-state index contributed by atoms with van der Waals surface area (Å²) in [7, 11) is 0. The van der Waals surface area contributed by atoms with Gasteiger partial charge in [0.15, 0.2) is 0 Å². The predicted octanol–water partition coefficient (Wildman–Crippen LogP) is 3.67. The van der Waals surface area contributed by atoms with Gasteiger partial charge in [0.2, 0.25) is 5.91 Å². The summed E-state index contributed by atoms with van der Waals surface area (Å²) < 4.78 is 31.7. The normalized spacial score (nSPS) is 10.7. The molecule has 5 N–H and O–H groups in total. The molecule has 0 fully saturated rings. The molecule has 186 valence electrons. The van der Waals surface area contributed by atoms with Crippen LogP contribution in [0.3, 0.4) is 0 Å². The van der Waals surface area contributed by atoms with E-state index < -0.39 is 18.1 Å². The van der Waals surface area contributed by atoms with E-state index in [1.807, 2.05) is 36.4 Å². The van der Waals surface area contributed by atoms with Crippen LogP contribution in [-0.4, -0.2) is 39.3 Å². The maximum absolute atomic E-state index is 12.4. The summed E-state index contributed by atoms with van der Waals surface area (Å²) in [6.45, 7) is 2.10. The first-order valence-electron chi connectivity index (χ1n) is 10.6. The van der Waals surface area contributed by atoms with E-state index in [0.29, 0.717) is 25.0 Å². The molecule has 1 heterocycles. The first-order chi connectivity index (χ1) is 16.5. The molecule has 0 aliphatic carbocycles. The van der Waals surface area contributed by atoms with Crippen LogP contribution >= 0.6 is 0 Å². The van der Waals surface area contributed by atoms with E-state index in [1.165, 1.54) is 5.56 Å². The lowest BCUT2D eigenvalue weighted by molar-refractivity contribution is -0.192. The van der Waals surface area contributed by atoms with E-state index >= 15 is 0 Å². The van der Waals surface area contributed by atoms with Crippen molar-refractivity contribution in [2.75, 3.05) is 5.32 Å². The molecule has 0 unspecified atom stereocenters. The number of hydrogen-bond acceptors (Lipinski definition) is 4. The lowest BCUT2D eigenvalue weighted by Crippen LogP contribution is -2.21. The molecule has 0 saturated carbocycles. The zero-order valence-corrected chi connectivity index (χ0v) is 18.9. The number of carbonyl (C=O) groups excluding carboxylic acids is 2. The van der Waals surface area contributed by atoms with Gasteiger partial charge in [-0.05, 0) is 48.1 Å². The van der Waals surface area contributed by atoms with Crippen LogP contribution < -0.4 is 11.1 Å². The molecule has 2 aromatic carbocycles. The fourth-order valence-electron chi connectivity index (χ4n) is 3.15. The average molecular weight is 490 g/mol. The molecular weight excluding hydrogens is 465 g/mol. The van der Waals surface area contributed by atoms with E-state index in [1.54, 1.807) is 6.20 Å². The standard InChI is InChI=1S/C22H24N4O2.C2HF3O2/c1-2-15-5-3-7-17(11-15)13-20(27)25-19-8-4-6-16(12-19)9-10-18-14-24-26-21(18)22(23)28;3-2(4,5)1(6)7/h3-8,11-12,14H,2,9-10,13H2,1H3,(H2,23,28)(H,24,26)(H,25,27);(H,6,7). The molecule has 0 bridgehead atoms. The Labute approximate surface area is 199 Å². The van der Waals surface area contributed by atoms with E-state index in [4.69, 9.17) is 15.6 Å². The number of carbonyl (C=O) groups is 3. The topological polar surface area (TPSA) is 138 Å². The van der Waals surface area contributed by atoms with Gasteiger partial charge in [0.05, 0.1) is 12.6 Å². The van der Waals surface area contributed by atoms with Crippen molar-refractivity contribution in [3.8, 4) is 0 Å². The van der Waals surface area contributed by atoms with Crippen LogP contribution in [-0.2, 0) is 35.3 Å². The number of halogens is 3. The number of carboxylic acid groups (broad SMARTS) is 1. The Morgan fingerprint density at radius 2 is 1.66 bits per heavy atom. The van der Waals surface area contributed by atoms with Crippen LogP contribution in [0.15, 0.2) is 54.7 Å². The number of rotatable bonds is 8. The quantitative estimate of drug-likeness (QED) is 0.382. The highest BCUT2D eigenvalue weighted by Gasteiger charge is 2.38. The number of alkyl halides is 3. The lowest BCUT2D eigenvalue weighted by atomic mass is 10.0. The number of H-pyrrole nitrogens is 1. The highest BCUT2D eigenvalue weighted by Crippen LogP contribution is 2.16. The summed E-state index contributed by atoms with van der Waals surface area (Å²) in [5.41, 5.74) is 10.5. The summed E-state index contributed by atoms with van der Waals surface area (Å²) in [6.07, 6.45) is -0.825. The van der Waals surface area contributed by atoms with Crippen LogP contribution in [0.1, 0.15) is 39.7 Å². The summed E-state index contributed by atoms with van der Waals surface area (Å²) >= 11 is 0. The molecule has 8 nitrogen and oxygen atoms in total. The van der Waals surface area contributed by atoms with E-state index in [2.05, 4.69) is 34.6 Å². The molecular formula is C24H25F3N4O4. The Morgan fingerprint density at radius 3 is 2.29 bits per heavy atom. The number of aromatic nitrogens is 2. The Kier molecular flexibility index (Phi) is 9.56. The fraction of sp³-hybridized carbons (Fsp3) is 0.250. The highest BCUT2D eigenvalue weighted by atomic mass is 19.4. The van der Waals surface area contributed by atoms with Crippen LogP contribution in [0.4, 0.5) is 18.9 Å². The number of aryl methyl sites for hydroxylation is 3. The van der Waals surface area contributed by atoms with Gasteiger partial charge in [-0.2, -0.15) is 18.3 Å². The average Bonchev–Trinajstić information content (AvgIpc) is 3.27. The summed E-state index contributed by atoms with van der Waals surface area (Å²) in [6, 6.07) is 15.8. The zero-order valence-electron chi connectivity index (χ0n) is 18.9. The summed E-state index contributed by atoms with van der Waals surface area (Å²) in [4.78, 5) is 32.6. The van der Waals surface area contributed by atoms with Gasteiger partial charge in [0.1, 0.15) is 5.69 Å². The molecule has 0 aliphatic rings. The number of nitrogens with zero attached hydrogens (tertiary/aromatic N) is 1. The lowest BCUT2D eigenvalue weighted by Gasteiger charge is -2.08. The van der Waals surface area contributed by atoms with Gasteiger partial charge in [0, 0.05) is 11.3 Å². The van der Waals surface area contributed by atoms with Gasteiger partial charge in [-0.3, -0.25) is 14.7 Å². The number of aliphatic carboxylic acids is 1. The molecule has 11 heteroatoms. The molecule has 0 saturated heterocycles. The monoisotopic (exact) mass is 490 g/mol. The number of carboxylic acids is 1. The number of aromatic amines is 1. The molecule has 0 radical (unpaired) electrons. The first-order valence-corrected chi connectivity index (χ1v) is 10.6. The molecule has 35 heavy (non-hydrogen) atoms. The minimum absolute atomic E-state index is 0.0451. The predicted molar refractivity (Wildman–Crippen MR) is 123 cm³/mol. The fourth-order valence-corrected chi connectivity index (χ4v) is 3.15. The van der Waals surface area contributed by atoms with Gasteiger partial charge in [0.25, 0.3) is 5.91 Å².